The first kappa shape index (κ1) is 13.6. The molecule has 0 radical (unpaired) electrons. The predicted molar refractivity (Wildman–Crippen MR) is 63.3 cm³/mol. The van der Waals surface area contributed by atoms with Crippen molar-refractivity contribution in [2.75, 3.05) is 5.75 Å². The van der Waals surface area contributed by atoms with Crippen molar-refractivity contribution < 1.29 is 19.1 Å². The molecule has 0 aliphatic rings. The number of hydrogen-bond donors (Lipinski definition) is 1. The smallest absolute Gasteiger partial charge is 0.422 e. The van der Waals surface area contributed by atoms with E-state index in [9.17, 15) is 9.59 Å². The highest BCUT2D eigenvalue weighted by molar-refractivity contribution is 7.81. The van der Waals surface area contributed by atoms with Crippen molar-refractivity contribution in [2.45, 2.75) is 26.4 Å². The molecule has 1 rings (SSSR count). The van der Waals surface area contributed by atoms with Gasteiger partial charge in [0, 0.05) is 12.4 Å². The maximum atomic E-state index is 11.7. The minimum atomic E-state index is -0.656. The third-order valence-corrected chi connectivity index (χ3v) is 1.79. The second kappa shape index (κ2) is 5.22. The molecule has 7 heteroatoms. The summed E-state index contributed by atoms with van der Waals surface area (Å²) in [6, 6.07) is -0.127. The largest absolute Gasteiger partial charge is 0.443 e. The van der Waals surface area contributed by atoms with E-state index in [-0.39, 0.29) is 11.8 Å². The van der Waals surface area contributed by atoms with E-state index in [1.54, 1.807) is 20.8 Å². The highest BCUT2D eigenvalue weighted by atomic mass is 32.1. The molecule has 17 heavy (non-hydrogen) atoms. The average Bonchev–Trinajstić information content (AvgIpc) is 2.63. The molecule has 1 aromatic heterocycles. The molecular formula is C10H14N2O4S. The molecule has 0 aliphatic carbocycles. The Morgan fingerprint density at radius 2 is 2.12 bits per heavy atom. The summed E-state index contributed by atoms with van der Waals surface area (Å²) < 4.78 is 10.9. The van der Waals surface area contributed by atoms with E-state index in [0.29, 0.717) is 0 Å². The summed E-state index contributed by atoms with van der Waals surface area (Å²) in [7, 11) is 0. The summed E-state index contributed by atoms with van der Waals surface area (Å²) in [6.07, 6.45) is 2.04. The van der Waals surface area contributed by atoms with E-state index >= 15 is 0 Å². The number of nitrogens with zero attached hydrogens (tertiary/aromatic N) is 2. The lowest BCUT2D eigenvalue weighted by Gasteiger charge is -2.19. The van der Waals surface area contributed by atoms with Gasteiger partial charge in [0.25, 0.3) is 0 Å². The molecule has 0 saturated carbocycles. The Hall–Kier alpha value is -1.50. The van der Waals surface area contributed by atoms with Gasteiger partial charge >= 0.3 is 18.1 Å². The Kier molecular flexibility index (Phi) is 4.17. The third-order valence-electron chi connectivity index (χ3n) is 1.53. The van der Waals surface area contributed by atoms with Gasteiger partial charge in [-0.2, -0.15) is 12.6 Å². The van der Waals surface area contributed by atoms with Crippen LogP contribution < -0.4 is 4.74 Å². The van der Waals surface area contributed by atoms with Crippen LogP contribution in [0.4, 0.5) is 4.79 Å². The van der Waals surface area contributed by atoms with Crippen LogP contribution in [-0.4, -0.2) is 33.0 Å². The van der Waals surface area contributed by atoms with Gasteiger partial charge in [0.1, 0.15) is 5.60 Å². The topological polar surface area (TPSA) is 70.4 Å². The fraction of sp³-hybridized carbons (Fsp3) is 0.500. The quantitative estimate of drug-likeness (QED) is 0.643. The molecule has 0 aliphatic heterocycles. The monoisotopic (exact) mass is 258 g/mol. The molecule has 0 fully saturated rings. The maximum absolute atomic E-state index is 11.7. The van der Waals surface area contributed by atoms with E-state index in [0.717, 1.165) is 4.57 Å². The molecule has 0 N–H and O–H groups in total. The minimum absolute atomic E-state index is 0.0961. The number of rotatable bonds is 2. The van der Waals surface area contributed by atoms with Gasteiger partial charge in [0.2, 0.25) is 0 Å². The zero-order valence-electron chi connectivity index (χ0n) is 9.84. The highest BCUT2D eigenvalue weighted by Gasteiger charge is 2.21. The lowest BCUT2D eigenvalue weighted by atomic mass is 10.2. The van der Waals surface area contributed by atoms with Gasteiger partial charge < -0.3 is 9.47 Å². The Morgan fingerprint density at radius 1 is 1.47 bits per heavy atom. The Bertz CT molecular complexity index is 422. The number of hydrogen-bond acceptors (Lipinski definition) is 6. The van der Waals surface area contributed by atoms with Crippen molar-refractivity contribution >= 4 is 24.7 Å². The fourth-order valence-corrected chi connectivity index (χ4v) is 1.01. The number of esters is 1. The van der Waals surface area contributed by atoms with Crippen molar-refractivity contribution in [1.29, 1.82) is 0 Å². The van der Waals surface area contributed by atoms with Gasteiger partial charge in [-0.05, 0) is 20.8 Å². The van der Waals surface area contributed by atoms with Crippen molar-refractivity contribution in [3.63, 3.8) is 0 Å². The zero-order chi connectivity index (χ0) is 13.1. The molecule has 0 unspecified atom stereocenters. The minimum Gasteiger partial charge on any atom is -0.443 e. The summed E-state index contributed by atoms with van der Waals surface area (Å²) in [5, 5.41) is 0. The average molecular weight is 258 g/mol. The zero-order valence-corrected chi connectivity index (χ0v) is 10.7. The Balaban J connectivity index is 2.81. The lowest BCUT2D eigenvalue weighted by molar-refractivity contribution is -0.132. The summed E-state index contributed by atoms with van der Waals surface area (Å²) in [5.74, 6) is -0.689. The number of aromatic nitrogens is 2. The molecular weight excluding hydrogens is 244 g/mol. The van der Waals surface area contributed by atoms with Gasteiger partial charge in [-0.25, -0.2) is 14.3 Å². The first-order chi connectivity index (χ1) is 7.83. The number of carbonyl (C=O) groups is 2. The number of ether oxygens (including phenoxy) is 2. The van der Waals surface area contributed by atoms with Crippen LogP contribution in [-0.2, 0) is 9.53 Å². The summed E-state index contributed by atoms with van der Waals surface area (Å²) >= 11 is 3.75. The fourth-order valence-electron chi connectivity index (χ4n) is 0.949. The number of imidazole rings is 1. The van der Waals surface area contributed by atoms with Crippen LogP contribution >= 0.6 is 12.6 Å². The van der Waals surface area contributed by atoms with E-state index in [1.807, 2.05) is 0 Å². The van der Waals surface area contributed by atoms with Crippen molar-refractivity contribution in [2.24, 2.45) is 0 Å². The van der Waals surface area contributed by atoms with E-state index in [1.165, 1.54) is 12.4 Å². The van der Waals surface area contributed by atoms with Crippen LogP contribution in [0.5, 0.6) is 6.01 Å². The normalized spacial score (nSPS) is 11.1. The first-order valence-electron chi connectivity index (χ1n) is 4.92. The highest BCUT2D eigenvalue weighted by Crippen LogP contribution is 2.13. The SMILES string of the molecule is CC(C)(C)OC(=O)n1ccnc1OC(=O)CS. The summed E-state index contributed by atoms with van der Waals surface area (Å²) in [4.78, 5) is 26.5. The van der Waals surface area contributed by atoms with Crippen molar-refractivity contribution in [3.8, 4) is 6.01 Å². The standard InChI is InChI=1S/C10H14N2O4S/c1-10(2,3)16-9(14)12-5-4-11-8(12)15-7(13)6-17/h4-5,17H,6H2,1-3H3. The maximum Gasteiger partial charge on any atom is 0.422 e. The van der Waals surface area contributed by atoms with Gasteiger partial charge in [-0.15, -0.1) is 0 Å². The Morgan fingerprint density at radius 3 is 2.65 bits per heavy atom. The summed E-state index contributed by atoms with van der Waals surface area (Å²) in [6.45, 7) is 5.21. The molecule has 0 amide bonds. The van der Waals surface area contributed by atoms with Crippen LogP contribution in [0.1, 0.15) is 20.8 Å². The van der Waals surface area contributed by atoms with Crippen LogP contribution in [0.2, 0.25) is 0 Å². The van der Waals surface area contributed by atoms with Gasteiger partial charge in [0.05, 0.1) is 5.75 Å². The van der Waals surface area contributed by atoms with Gasteiger partial charge in [-0.3, -0.25) is 4.79 Å². The molecule has 6 nitrogen and oxygen atoms in total. The third kappa shape index (κ3) is 4.10. The van der Waals surface area contributed by atoms with Crippen molar-refractivity contribution in [1.82, 2.24) is 9.55 Å². The molecule has 1 heterocycles. The van der Waals surface area contributed by atoms with Crippen LogP contribution in [0.3, 0.4) is 0 Å². The van der Waals surface area contributed by atoms with E-state index in [4.69, 9.17) is 9.47 Å². The predicted octanol–water partition coefficient (Wildman–Crippen LogP) is 1.50. The molecule has 94 valence electrons. The molecule has 0 spiro atoms. The molecule has 0 atom stereocenters. The number of carbonyl (C=O) groups excluding carboxylic acids is 2. The first-order valence-corrected chi connectivity index (χ1v) is 5.55. The van der Waals surface area contributed by atoms with Gasteiger partial charge in [0.15, 0.2) is 0 Å². The number of thiol groups is 1. The second-order valence-corrected chi connectivity index (χ2v) is 4.51. The molecule has 0 aromatic carbocycles. The van der Waals surface area contributed by atoms with Crippen LogP contribution in [0.25, 0.3) is 0 Å². The Labute approximate surface area is 104 Å². The van der Waals surface area contributed by atoms with Crippen molar-refractivity contribution in [3.05, 3.63) is 12.4 Å². The molecule has 0 bridgehead atoms. The second-order valence-electron chi connectivity index (χ2n) is 4.19. The summed E-state index contributed by atoms with van der Waals surface area (Å²) in [5.41, 5.74) is -0.633. The van der Waals surface area contributed by atoms with Gasteiger partial charge in [-0.1, -0.05) is 0 Å². The van der Waals surface area contributed by atoms with E-state index < -0.39 is 17.7 Å². The van der Waals surface area contributed by atoms with Crippen LogP contribution in [0, 0.1) is 0 Å². The van der Waals surface area contributed by atoms with Crippen LogP contribution in [0.15, 0.2) is 12.4 Å². The molecule has 0 saturated heterocycles. The molecule has 1 aromatic rings. The van der Waals surface area contributed by atoms with E-state index in [2.05, 4.69) is 17.6 Å². The lowest BCUT2D eigenvalue weighted by Crippen LogP contribution is -2.27.